The predicted octanol–water partition coefficient (Wildman–Crippen LogP) is 4.52. The lowest BCUT2D eigenvalue weighted by molar-refractivity contribution is -0.0587. The van der Waals surface area contributed by atoms with Crippen LogP contribution in [0.1, 0.15) is 48.2 Å². The number of β-amino-alcohol motifs (C(OH)–C–C–N with tert-alkyl or cyclic N) is 1. The number of rotatable bonds is 3. The van der Waals surface area contributed by atoms with Crippen LogP contribution in [0.5, 0.6) is 5.75 Å². The van der Waals surface area contributed by atoms with Crippen molar-refractivity contribution < 1.29 is 14.9 Å². The van der Waals surface area contributed by atoms with Gasteiger partial charge in [0.25, 0.3) is 0 Å². The molecular weight excluding hydrogens is 412 g/mol. The largest absolute Gasteiger partial charge is 0.487 e. The lowest BCUT2D eigenvalue weighted by atomic mass is 9.81. The summed E-state index contributed by atoms with van der Waals surface area (Å²) in [6.07, 6.45) is 3.17. The van der Waals surface area contributed by atoms with Gasteiger partial charge in [-0.1, -0.05) is 29.8 Å². The van der Waals surface area contributed by atoms with Gasteiger partial charge < -0.3 is 24.4 Å². The molecule has 2 aliphatic rings. The minimum Gasteiger partial charge on any atom is -0.487 e. The van der Waals surface area contributed by atoms with Gasteiger partial charge in [0.2, 0.25) is 0 Å². The lowest BCUT2D eigenvalue weighted by Crippen LogP contribution is -2.51. The quantitative estimate of drug-likeness (QED) is 0.628. The molecule has 0 radical (unpaired) electrons. The highest BCUT2D eigenvalue weighted by atomic mass is 35.5. The number of aryl methyl sites for hydroxylation is 2. The standard InChI is InChI=1S/C25H29ClN2O3/c1-16-11-24-18(12-20(16)26)22(29)13-25(31-24)7-9-28(10-8-25)15-23(30)19-14-27(2)21-6-4-3-5-17(19)21/h3-6,11-12,14,22-23,29-30H,7-10,13,15H2,1-2H3/t22-,23+/m1/s1. The summed E-state index contributed by atoms with van der Waals surface area (Å²) in [5.41, 5.74) is 3.50. The van der Waals surface area contributed by atoms with Crippen LogP contribution in [0, 0.1) is 6.92 Å². The van der Waals surface area contributed by atoms with Gasteiger partial charge in [-0.3, -0.25) is 0 Å². The first-order valence-electron chi connectivity index (χ1n) is 11.0. The third-order valence-corrected chi connectivity index (χ3v) is 7.43. The molecule has 2 aromatic carbocycles. The molecule has 0 saturated carbocycles. The Kier molecular flexibility index (Phi) is 5.25. The van der Waals surface area contributed by atoms with Crippen LogP contribution in [0.2, 0.25) is 5.02 Å². The molecule has 1 spiro atoms. The van der Waals surface area contributed by atoms with Crippen LogP contribution in [0.4, 0.5) is 0 Å². The van der Waals surface area contributed by atoms with E-state index in [-0.39, 0.29) is 5.60 Å². The van der Waals surface area contributed by atoms with Gasteiger partial charge in [0.1, 0.15) is 11.4 Å². The summed E-state index contributed by atoms with van der Waals surface area (Å²) in [6.45, 7) is 4.21. The van der Waals surface area contributed by atoms with Crippen molar-refractivity contribution in [3.63, 3.8) is 0 Å². The Bertz CT molecular complexity index is 1120. The zero-order chi connectivity index (χ0) is 21.8. The van der Waals surface area contributed by atoms with Crippen molar-refractivity contribution in [2.45, 2.75) is 44.0 Å². The number of ether oxygens (including phenoxy) is 1. The van der Waals surface area contributed by atoms with E-state index in [2.05, 4.69) is 21.6 Å². The zero-order valence-corrected chi connectivity index (χ0v) is 18.8. The summed E-state index contributed by atoms with van der Waals surface area (Å²) >= 11 is 6.25. The number of hydrogen-bond acceptors (Lipinski definition) is 4. The fraction of sp³-hybridized carbons (Fsp3) is 0.440. The topological polar surface area (TPSA) is 57.9 Å². The predicted molar refractivity (Wildman–Crippen MR) is 123 cm³/mol. The number of hydrogen-bond donors (Lipinski definition) is 2. The molecule has 1 aromatic heterocycles. The van der Waals surface area contributed by atoms with Crippen molar-refractivity contribution in [2.24, 2.45) is 7.05 Å². The number of aliphatic hydroxyl groups is 2. The zero-order valence-electron chi connectivity index (χ0n) is 18.0. The molecule has 6 heteroatoms. The average molecular weight is 441 g/mol. The summed E-state index contributed by atoms with van der Waals surface area (Å²) in [7, 11) is 2.02. The maximum atomic E-state index is 11.0. The smallest absolute Gasteiger partial charge is 0.126 e. The van der Waals surface area contributed by atoms with Crippen molar-refractivity contribution in [1.82, 2.24) is 9.47 Å². The van der Waals surface area contributed by atoms with E-state index >= 15 is 0 Å². The van der Waals surface area contributed by atoms with Gasteiger partial charge in [-0.25, -0.2) is 0 Å². The number of para-hydroxylation sites is 1. The van der Waals surface area contributed by atoms with Crippen LogP contribution in [-0.2, 0) is 7.05 Å². The molecule has 3 aromatic rings. The van der Waals surface area contributed by atoms with E-state index in [1.807, 2.05) is 44.4 Å². The maximum absolute atomic E-state index is 11.0. The fourth-order valence-corrected chi connectivity index (χ4v) is 5.36. The molecule has 2 aliphatic heterocycles. The van der Waals surface area contributed by atoms with Crippen molar-refractivity contribution in [3.8, 4) is 5.75 Å². The van der Waals surface area contributed by atoms with E-state index in [0.29, 0.717) is 18.0 Å². The van der Waals surface area contributed by atoms with Gasteiger partial charge in [-0.05, 0) is 43.5 Å². The van der Waals surface area contributed by atoms with Gasteiger partial charge in [-0.15, -0.1) is 0 Å². The maximum Gasteiger partial charge on any atom is 0.126 e. The molecule has 0 bridgehead atoms. The van der Waals surface area contributed by atoms with Crippen LogP contribution in [0.25, 0.3) is 10.9 Å². The SMILES string of the molecule is Cc1cc2c(cc1Cl)[C@H](O)CC1(CCN(C[C@H](O)c3cn(C)c4ccccc34)CC1)O2. The second-order valence-corrected chi connectivity index (χ2v) is 9.58. The first-order chi connectivity index (χ1) is 14.8. The van der Waals surface area contributed by atoms with Gasteiger partial charge in [-0.2, -0.15) is 0 Å². The van der Waals surface area contributed by atoms with Crippen molar-refractivity contribution in [3.05, 3.63) is 64.3 Å². The second kappa shape index (κ2) is 7.82. The van der Waals surface area contributed by atoms with Gasteiger partial charge >= 0.3 is 0 Å². The monoisotopic (exact) mass is 440 g/mol. The van der Waals surface area contributed by atoms with E-state index in [1.165, 1.54) is 0 Å². The number of aromatic nitrogens is 1. The highest BCUT2D eigenvalue weighted by Crippen LogP contribution is 2.46. The Morgan fingerprint density at radius 3 is 2.74 bits per heavy atom. The number of benzene rings is 2. The van der Waals surface area contributed by atoms with Crippen molar-refractivity contribution in [1.29, 1.82) is 0 Å². The third kappa shape index (κ3) is 3.74. The van der Waals surface area contributed by atoms with E-state index in [4.69, 9.17) is 16.3 Å². The molecule has 2 atom stereocenters. The summed E-state index contributed by atoms with van der Waals surface area (Å²) in [6, 6.07) is 12.0. The number of likely N-dealkylation sites (tertiary alicyclic amines) is 1. The lowest BCUT2D eigenvalue weighted by Gasteiger charge is -2.46. The second-order valence-electron chi connectivity index (χ2n) is 9.17. The molecule has 3 heterocycles. The summed E-state index contributed by atoms with van der Waals surface area (Å²) < 4.78 is 8.53. The molecule has 164 valence electrons. The van der Waals surface area contributed by atoms with Crippen LogP contribution < -0.4 is 4.74 Å². The van der Waals surface area contributed by atoms with E-state index in [1.54, 1.807) is 0 Å². The van der Waals surface area contributed by atoms with Gasteiger partial charge in [0.05, 0.1) is 12.2 Å². The van der Waals surface area contributed by atoms with Crippen LogP contribution in [0.15, 0.2) is 42.6 Å². The number of piperidine rings is 1. The molecule has 0 amide bonds. The Balaban J connectivity index is 1.28. The van der Waals surface area contributed by atoms with E-state index in [0.717, 1.165) is 59.3 Å². The van der Waals surface area contributed by atoms with Crippen LogP contribution in [-0.4, -0.2) is 44.9 Å². The number of aliphatic hydroxyl groups excluding tert-OH is 2. The summed E-state index contributed by atoms with van der Waals surface area (Å²) in [4.78, 5) is 2.30. The first-order valence-corrected chi connectivity index (χ1v) is 11.3. The van der Waals surface area contributed by atoms with Crippen LogP contribution in [0.3, 0.4) is 0 Å². The minimum absolute atomic E-state index is 0.354. The number of fused-ring (bicyclic) bond motifs is 2. The molecular formula is C25H29ClN2O3. The molecule has 1 fully saturated rings. The van der Waals surface area contributed by atoms with Crippen LogP contribution >= 0.6 is 11.6 Å². The van der Waals surface area contributed by atoms with Crippen molar-refractivity contribution >= 4 is 22.5 Å². The Morgan fingerprint density at radius 1 is 1.23 bits per heavy atom. The Morgan fingerprint density at radius 2 is 1.97 bits per heavy atom. The Labute approximate surface area is 187 Å². The van der Waals surface area contributed by atoms with Gasteiger partial charge in [0.15, 0.2) is 0 Å². The number of halogens is 1. The molecule has 0 unspecified atom stereocenters. The average Bonchev–Trinajstić information content (AvgIpc) is 3.09. The highest BCUT2D eigenvalue weighted by Gasteiger charge is 2.43. The third-order valence-electron chi connectivity index (χ3n) is 7.03. The number of nitrogens with zero attached hydrogens (tertiary/aromatic N) is 2. The molecule has 2 N–H and O–H groups in total. The summed E-state index contributed by atoms with van der Waals surface area (Å²) in [5.74, 6) is 0.755. The first kappa shape index (κ1) is 20.8. The van der Waals surface area contributed by atoms with E-state index in [9.17, 15) is 10.2 Å². The summed E-state index contributed by atoms with van der Waals surface area (Å²) in [5, 5.41) is 23.5. The highest BCUT2D eigenvalue weighted by molar-refractivity contribution is 6.31. The van der Waals surface area contributed by atoms with Crippen molar-refractivity contribution in [2.75, 3.05) is 19.6 Å². The fourth-order valence-electron chi connectivity index (χ4n) is 5.19. The molecule has 0 aliphatic carbocycles. The van der Waals surface area contributed by atoms with Gasteiger partial charge in [0, 0.05) is 66.4 Å². The minimum atomic E-state index is -0.560. The molecule has 31 heavy (non-hydrogen) atoms. The van der Waals surface area contributed by atoms with E-state index < -0.39 is 12.2 Å². The molecule has 5 nitrogen and oxygen atoms in total. The molecule has 5 rings (SSSR count). The Hall–Kier alpha value is -2.05. The normalized spacial score (nSPS) is 21.8. The molecule has 1 saturated heterocycles.